The Morgan fingerprint density at radius 3 is 3.00 bits per heavy atom. The number of ether oxygens (including phenoxy) is 1. The van der Waals surface area contributed by atoms with Gasteiger partial charge < -0.3 is 29.9 Å². The van der Waals surface area contributed by atoms with Crippen molar-refractivity contribution in [3.8, 4) is 0 Å². The second-order valence-electron chi connectivity index (χ2n) is 4.24. The number of rotatable bonds is 4. The SMILES string of the molecule is Nc1ccn([C@H]2C[C@H](O)[C@@H](COP(=O)([O-])O)O2)c(=O)n1. The van der Waals surface area contributed by atoms with Crippen molar-refractivity contribution in [1.29, 1.82) is 0 Å². The Morgan fingerprint density at radius 2 is 2.40 bits per heavy atom. The number of aromatic nitrogens is 2. The highest BCUT2D eigenvalue weighted by atomic mass is 31.2. The molecular formula is C9H13N3O7P-. The second-order valence-corrected chi connectivity index (χ2v) is 5.43. The maximum absolute atomic E-state index is 11.6. The fourth-order valence-electron chi connectivity index (χ4n) is 1.85. The van der Waals surface area contributed by atoms with Crippen LogP contribution in [0.3, 0.4) is 0 Å². The maximum Gasteiger partial charge on any atom is 0.351 e. The van der Waals surface area contributed by atoms with Crippen LogP contribution in [0.4, 0.5) is 5.82 Å². The van der Waals surface area contributed by atoms with Crippen LogP contribution in [-0.2, 0) is 13.8 Å². The highest BCUT2D eigenvalue weighted by Gasteiger charge is 2.36. The number of phosphoric acid groups is 1. The first-order valence-electron chi connectivity index (χ1n) is 5.63. The molecule has 1 fully saturated rings. The lowest BCUT2D eigenvalue weighted by atomic mass is 10.2. The molecule has 11 heteroatoms. The van der Waals surface area contributed by atoms with E-state index in [-0.39, 0.29) is 12.2 Å². The zero-order chi connectivity index (χ0) is 14.9. The fraction of sp³-hybridized carbons (Fsp3) is 0.556. The largest absolute Gasteiger partial charge is 0.756 e. The molecular weight excluding hydrogens is 293 g/mol. The summed E-state index contributed by atoms with van der Waals surface area (Å²) in [6.07, 6.45) is -1.44. The number of nitrogens with two attached hydrogens (primary N) is 1. The normalized spacial score (nSPS) is 29.2. The molecule has 20 heavy (non-hydrogen) atoms. The average molecular weight is 306 g/mol. The summed E-state index contributed by atoms with van der Waals surface area (Å²) in [6.45, 7) is -0.550. The van der Waals surface area contributed by atoms with E-state index in [1.807, 2.05) is 0 Å². The molecule has 1 unspecified atom stereocenters. The van der Waals surface area contributed by atoms with Gasteiger partial charge in [-0.3, -0.25) is 9.13 Å². The minimum atomic E-state index is -4.89. The van der Waals surface area contributed by atoms with E-state index in [1.165, 1.54) is 12.3 Å². The summed E-state index contributed by atoms with van der Waals surface area (Å²) >= 11 is 0. The summed E-state index contributed by atoms with van der Waals surface area (Å²) in [5.74, 6) is 0.0530. The van der Waals surface area contributed by atoms with E-state index < -0.39 is 38.6 Å². The standard InChI is InChI=1S/C9H14N3O7P/c10-7-1-2-12(9(14)11-7)8-3-5(13)6(19-8)4-18-20(15,16)17/h1-2,5-6,8,13H,3-4H2,(H2,10,11,14)(H2,15,16,17)/p-1/t5-,6+,8+/m0/s1. The van der Waals surface area contributed by atoms with E-state index in [0.29, 0.717) is 0 Å². The lowest BCUT2D eigenvalue weighted by Gasteiger charge is -2.20. The van der Waals surface area contributed by atoms with E-state index in [9.17, 15) is 19.4 Å². The highest BCUT2D eigenvalue weighted by Crippen LogP contribution is 2.34. The number of nitrogens with zero attached hydrogens (tertiary/aromatic N) is 2. The monoisotopic (exact) mass is 306 g/mol. The summed E-state index contributed by atoms with van der Waals surface area (Å²) in [6, 6.07) is 1.39. The second kappa shape index (κ2) is 5.60. The van der Waals surface area contributed by atoms with Gasteiger partial charge in [0.25, 0.3) is 7.82 Å². The van der Waals surface area contributed by atoms with Gasteiger partial charge in [-0.2, -0.15) is 4.98 Å². The zero-order valence-electron chi connectivity index (χ0n) is 10.2. The van der Waals surface area contributed by atoms with E-state index in [0.717, 1.165) is 4.57 Å². The third-order valence-electron chi connectivity index (χ3n) is 2.77. The highest BCUT2D eigenvalue weighted by molar-refractivity contribution is 7.44. The molecule has 4 atom stereocenters. The van der Waals surface area contributed by atoms with Crippen molar-refractivity contribution in [3.63, 3.8) is 0 Å². The van der Waals surface area contributed by atoms with Crippen molar-refractivity contribution in [2.24, 2.45) is 0 Å². The molecule has 112 valence electrons. The van der Waals surface area contributed by atoms with Gasteiger partial charge in [0.1, 0.15) is 18.1 Å². The van der Waals surface area contributed by atoms with Gasteiger partial charge >= 0.3 is 5.69 Å². The van der Waals surface area contributed by atoms with E-state index >= 15 is 0 Å². The third kappa shape index (κ3) is 3.63. The molecule has 2 rings (SSSR count). The van der Waals surface area contributed by atoms with Gasteiger partial charge in [-0.1, -0.05) is 0 Å². The van der Waals surface area contributed by atoms with Gasteiger partial charge in [0.05, 0.1) is 12.7 Å². The predicted molar refractivity (Wildman–Crippen MR) is 63.2 cm³/mol. The molecule has 1 aromatic rings. The van der Waals surface area contributed by atoms with Crippen LogP contribution in [-0.4, -0.2) is 38.4 Å². The van der Waals surface area contributed by atoms with Gasteiger partial charge in [-0.25, -0.2) is 4.79 Å². The van der Waals surface area contributed by atoms with Crippen LogP contribution in [0.2, 0.25) is 0 Å². The van der Waals surface area contributed by atoms with Crippen LogP contribution in [0.1, 0.15) is 12.6 Å². The smallest absolute Gasteiger partial charge is 0.351 e. The Hall–Kier alpha value is -1.29. The zero-order valence-corrected chi connectivity index (χ0v) is 11.1. The summed E-state index contributed by atoms with van der Waals surface area (Å²) in [5.41, 5.74) is 4.70. The fourth-order valence-corrected chi connectivity index (χ4v) is 2.18. The number of hydrogen-bond acceptors (Lipinski definition) is 8. The van der Waals surface area contributed by atoms with E-state index in [2.05, 4.69) is 9.51 Å². The molecule has 2 heterocycles. The number of nitrogen functional groups attached to an aromatic ring is 1. The minimum Gasteiger partial charge on any atom is -0.756 e. The topological polar surface area (TPSA) is 160 Å². The van der Waals surface area contributed by atoms with Crippen LogP contribution >= 0.6 is 7.82 Å². The van der Waals surface area contributed by atoms with Crippen molar-refractivity contribution >= 4 is 13.6 Å². The van der Waals surface area contributed by atoms with Crippen LogP contribution in [0.15, 0.2) is 17.1 Å². The first kappa shape index (κ1) is 15.1. The van der Waals surface area contributed by atoms with Crippen molar-refractivity contribution in [2.75, 3.05) is 12.3 Å². The van der Waals surface area contributed by atoms with Gasteiger partial charge in [0, 0.05) is 12.6 Å². The van der Waals surface area contributed by atoms with E-state index in [4.69, 9.17) is 15.4 Å². The van der Waals surface area contributed by atoms with Gasteiger partial charge in [-0.15, -0.1) is 0 Å². The van der Waals surface area contributed by atoms with Crippen molar-refractivity contribution in [1.82, 2.24) is 9.55 Å². The van der Waals surface area contributed by atoms with Crippen LogP contribution < -0.4 is 16.3 Å². The van der Waals surface area contributed by atoms with Crippen LogP contribution in [0.5, 0.6) is 0 Å². The molecule has 4 N–H and O–H groups in total. The number of anilines is 1. The molecule has 0 radical (unpaired) electrons. The van der Waals surface area contributed by atoms with Crippen LogP contribution in [0, 0.1) is 0 Å². The van der Waals surface area contributed by atoms with Crippen LogP contribution in [0.25, 0.3) is 0 Å². The molecule has 0 spiro atoms. The molecule has 1 aliphatic heterocycles. The Labute approximate surface area is 113 Å². The van der Waals surface area contributed by atoms with Gasteiger partial charge in [0.2, 0.25) is 0 Å². The van der Waals surface area contributed by atoms with E-state index in [1.54, 1.807) is 0 Å². The molecule has 0 amide bonds. The number of hydrogen-bond donors (Lipinski definition) is 3. The Balaban J connectivity index is 2.06. The first-order chi connectivity index (χ1) is 9.26. The van der Waals surface area contributed by atoms with Crippen molar-refractivity contribution in [2.45, 2.75) is 24.9 Å². The molecule has 0 saturated carbocycles. The molecule has 0 aliphatic carbocycles. The lowest BCUT2D eigenvalue weighted by Crippen LogP contribution is -2.28. The quantitative estimate of drug-likeness (QED) is 0.532. The summed E-state index contributed by atoms with van der Waals surface area (Å²) in [7, 11) is -4.89. The Bertz CT molecular complexity index is 585. The third-order valence-corrected chi connectivity index (χ3v) is 3.24. The summed E-state index contributed by atoms with van der Waals surface area (Å²) in [5, 5.41) is 9.72. The van der Waals surface area contributed by atoms with Crippen molar-refractivity contribution in [3.05, 3.63) is 22.7 Å². The number of aliphatic hydroxyl groups is 1. The average Bonchev–Trinajstić information content (AvgIpc) is 2.67. The molecule has 10 nitrogen and oxygen atoms in total. The van der Waals surface area contributed by atoms with Crippen molar-refractivity contribution < 1.29 is 28.7 Å². The van der Waals surface area contributed by atoms with Gasteiger partial charge in [-0.05, 0) is 6.07 Å². The minimum absolute atomic E-state index is 0.0497. The Morgan fingerprint density at radius 1 is 1.70 bits per heavy atom. The molecule has 1 aromatic heterocycles. The number of phosphoric ester groups is 1. The molecule has 1 saturated heterocycles. The summed E-state index contributed by atoms with van der Waals surface area (Å²) < 4.78 is 21.1. The molecule has 1 aliphatic rings. The maximum atomic E-state index is 11.6. The predicted octanol–water partition coefficient (Wildman–Crippen LogP) is -2.05. The Kier molecular flexibility index (Phi) is 4.23. The van der Waals surface area contributed by atoms with Gasteiger partial charge in [0.15, 0.2) is 0 Å². The first-order valence-corrected chi connectivity index (χ1v) is 7.12. The lowest BCUT2D eigenvalue weighted by molar-refractivity contribution is -0.222. The number of aliphatic hydroxyl groups excluding tert-OH is 1. The summed E-state index contributed by atoms with van der Waals surface area (Å²) in [4.78, 5) is 34.1. The molecule has 0 aromatic carbocycles. The molecule has 0 bridgehead atoms.